The van der Waals surface area contributed by atoms with Gasteiger partial charge in [-0.2, -0.15) is 5.10 Å². The van der Waals surface area contributed by atoms with Gasteiger partial charge in [0.15, 0.2) is 0 Å². The first-order chi connectivity index (χ1) is 4.84. The van der Waals surface area contributed by atoms with Crippen molar-refractivity contribution in [1.82, 2.24) is 20.1 Å². The summed E-state index contributed by atoms with van der Waals surface area (Å²) < 4.78 is 1.37. The van der Waals surface area contributed by atoms with Crippen LogP contribution >= 0.6 is 0 Å². The van der Waals surface area contributed by atoms with Crippen LogP contribution in [0.5, 0.6) is 0 Å². The molecule has 2 N–H and O–H groups in total. The van der Waals surface area contributed by atoms with E-state index < -0.39 is 0 Å². The van der Waals surface area contributed by atoms with Gasteiger partial charge in [-0.15, -0.1) is 0 Å². The van der Waals surface area contributed by atoms with Gasteiger partial charge in [0.1, 0.15) is 6.33 Å². The summed E-state index contributed by atoms with van der Waals surface area (Å²) in [7, 11) is 1.83. The lowest BCUT2D eigenvalue weighted by Crippen LogP contribution is -2.24. The van der Waals surface area contributed by atoms with Crippen molar-refractivity contribution in [1.29, 1.82) is 0 Å². The number of likely N-dealkylation sites (N-methyl/N-ethyl adjacent to an activating group) is 1. The SMILES string of the molecule is CNCCn1nc[nH]c1=O. The van der Waals surface area contributed by atoms with E-state index in [1.807, 2.05) is 7.05 Å². The van der Waals surface area contributed by atoms with Crippen molar-refractivity contribution in [2.24, 2.45) is 0 Å². The molecule has 0 aliphatic heterocycles. The molecule has 5 nitrogen and oxygen atoms in total. The van der Waals surface area contributed by atoms with E-state index >= 15 is 0 Å². The first-order valence-corrected chi connectivity index (χ1v) is 3.09. The van der Waals surface area contributed by atoms with Gasteiger partial charge in [-0.25, -0.2) is 9.48 Å². The maximum atomic E-state index is 10.7. The highest BCUT2D eigenvalue weighted by Crippen LogP contribution is 1.68. The number of nitrogens with one attached hydrogen (secondary N) is 2. The standard InChI is InChI=1S/C5H10N4O/c1-6-2-3-9-5(10)7-4-8-9/h4,6H,2-3H2,1H3,(H,7,8,10). The lowest BCUT2D eigenvalue weighted by atomic mass is 10.6. The number of H-pyrrole nitrogens is 1. The van der Waals surface area contributed by atoms with E-state index in [-0.39, 0.29) is 5.69 Å². The van der Waals surface area contributed by atoms with Crippen LogP contribution in [0.25, 0.3) is 0 Å². The Bertz CT molecular complexity index is 238. The molecule has 0 amide bonds. The van der Waals surface area contributed by atoms with Crippen molar-refractivity contribution < 1.29 is 0 Å². The minimum atomic E-state index is -0.157. The molecule has 0 aromatic carbocycles. The van der Waals surface area contributed by atoms with Gasteiger partial charge in [-0.1, -0.05) is 0 Å². The van der Waals surface area contributed by atoms with Crippen LogP contribution in [0.3, 0.4) is 0 Å². The first kappa shape index (κ1) is 7.01. The first-order valence-electron chi connectivity index (χ1n) is 3.09. The minimum absolute atomic E-state index is 0.157. The third kappa shape index (κ3) is 1.44. The third-order valence-electron chi connectivity index (χ3n) is 1.19. The molecule has 0 atom stereocenters. The van der Waals surface area contributed by atoms with E-state index in [0.717, 1.165) is 6.54 Å². The number of aromatic nitrogens is 3. The predicted molar refractivity (Wildman–Crippen MR) is 36.8 cm³/mol. The fourth-order valence-electron chi connectivity index (χ4n) is 0.658. The molecule has 5 heteroatoms. The van der Waals surface area contributed by atoms with Gasteiger partial charge < -0.3 is 5.32 Å². The average Bonchev–Trinajstić information content (AvgIpc) is 2.31. The highest BCUT2D eigenvalue weighted by molar-refractivity contribution is 4.59. The normalized spacial score (nSPS) is 10.1. The Balaban J connectivity index is 2.57. The number of hydrogen-bond donors (Lipinski definition) is 2. The fourth-order valence-corrected chi connectivity index (χ4v) is 0.658. The smallest absolute Gasteiger partial charge is 0.318 e. The van der Waals surface area contributed by atoms with Gasteiger partial charge in [-0.3, -0.25) is 4.98 Å². The summed E-state index contributed by atoms with van der Waals surface area (Å²) in [6, 6.07) is 0. The van der Waals surface area contributed by atoms with Crippen LogP contribution in [0.15, 0.2) is 11.1 Å². The molecule has 0 bridgehead atoms. The Morgan fingerprint density at radius 3 is 3.20 bits per heavy atom. The van der Waals surface area contributed by atoms with Crippen molar-refractivity contribution in [2.45, 2.75) is 6.54 Å². The quantitative estimate of drug-likeness (QED) is 0.556. The largest absolute Gasteiger partial charge is 0.343 e. The molecule has 0 aliphatic carbocycles. The Hall–Kier alpha value is -1.10. The van der Waals surface area contributed by atoms with Gasteiger partial charge in [0, 0.05) is 6.54 Å². The molecule has 0 spiro atoms. The van der Waals surface area contributed by atoms with Crippen LogP contribution in [0.1, 0.15) is 0 Å². The molecule has 56 valence electrons. The van der Waals surface area contributed by atoms with Crippen molar-refractivity contribution in [3.8, 4) is 0 Å². The molecule has 0 aliphatic rings. The number of aromatic amines is 1. The number of rotatable bonds is 3. The predicted octanol–water partition coefficient (Wildman–Crippen LogP) is -1.21. The number of hydrogen-bond acceptors (Lipinski definition) is 3. The van der Waals surface area contributed by atoms with Crippen molar-refractivity contribution in [2.75, 3.05) is 13.6 Å². The highest BCUT2D eigenvalue weighted by atomic mass is 16.1. The second-order valence-corrected chi connectivity index (χ2v) is 1.92. The Labute approximate surface area is 58.1 Å². The van der Waals surface area contributed by atoms with Gasteiger partial charge in [0.05, 0.1) is 6.54 Å². The van der Waals surface area contributed by atoms with Crippen molar-refractivity contribution >= 4 is 0 Å². The van der Waals surface area contributed by atoms with Crippen LogP contribution in [-0.4, -0.2) is 28.4 Å². The molecule has 1 heterocycles. The summed E-state index contributed by atoms with van der Waals surface area (Å²) in [5.74, 6) is 0. The number of nitrogens with zero attached hydrogens (tertiary/aromatic N) is 2. The van der Waals surface area contributed by atoms with Crippen molar-refractivity contribution in [3.63, 3.8) is 0 Å². The Kier molecular flexibility index (Phi) is 2.22. The topological polar surface area (TPSA) is 62.7 Å². The van der Waals surface area contributed by atoms with E-state index in [1.165, 1.54) is 11.0 Å². The Morgan fingerprint density at radius 2 is 2.70 bits per heavy atom. The molecule has 0 unspecified atom stereocenters. The minimum Gasteiger partial charge on any atom is -0.318 e. The molecule has 0 fully saturated rings. The monoisotopic (exact) mass is 142 g/mol. The molecule has 0 saturated heterocycles. The fraction of sp³-hybridized carbons (Fsp3) is 0.600. The van der Waals surface area contributed by atoms with E-state index in [4.69, 9.17) is 0 Å². The molecule has 0 saturated carbocycles. The average molecular weight is 142 g/mol. The van der Waals surface area contributed by atoms with Crippen LogP contribution in [0.2, 0.25) is 0 Å². The second-order valence-electron chi connectivity index (χ2n) is 1.92. The summed E-state index contributed by atoms with van der Waals surface area (Å²) >= 11 is 0. The van der Waals surface area contributed by atoms with Gasteiger partial charge in [0.2, 0.25) is 0 Å². The molecule has 1 rings (SSSR count). The maximum Gasteiger partial charge on any atom is 0.343 e. The van der Waals surface area contributed by atoms with Crippen molar-refractivity contribution in [3.05, 3.63) is 16.8 Å². The summed E-state index contributed by atoms with van der Waals surface area (Å²) in [6.07, 6.45) is 1.39. The lowest BCUT2D eigenvalue weighted by molar-refractivity contribution is 0.567. The van der Waals surface area contributed by atoms with Crippen LogP contribution in [0, 0.1) is 0 Å². The van der Waals surface area contributed by atoms with Gasteiger partial charge >= 0.3 is 5.69 Å². The summed E-state index contributed by atoms with van der Waals surface area (Å²) in [5.41, 5.74) is -0.157. The van der Waals surface area contributed by atoms with Gasteiger partial charge in [-0.05, 0) is 7.05 Å². The van der Waals surface area contributed by atoms with Crippen LogP contribution < -0.4 is 11.0 Å². The maximum absolute atomic E-state index is 10.7. The summed E-state index contributed by atoms with van der Waals surface area (Å²) in [5, 5.41) is 6.68. The Morgan fingerprint density at radius 1 is 1.90 bits per heavy atom. The summed E-state index contributed by atoms with van der Waals surface area (Å²) in [4.78, 5) is 13.2. The van der Waals surface area contributed by atoms with Crippen LogP contribution in [0.4, 0.5) is 0 Å². The molecular formula is C5H10N4O. The van der Waals surface area contributed by atoms with E-state index in [1.54, 1.807) is 0 Å². The molecule has 1 aromatic rings. The van der Waals surface area contributed by atoms with E-state index in [2.05, 4.69) is 15.4 Å². The lowest BCUT2D eigenvalue weighted by Gasteiger charge is -1.95. The van der Waals surface area contributed by atoms with E-state index in [0.29, 0.717) is 6.54 Å². The molecular weight excluding hydrogens is 132 g/mol. The second kappa shape index (κ2) is 3.17. The third-order valence-corrected chi connectivity index (χ3v) is 1.19. The zero-order valence-corrected chi connectivity index (χ0v) is 5.79. The zero-order chi connectivity index (χ0) is 7.40. The summed E-state index contributed by atoms with van der Waals surface area (Å²) in [6.45, 7) is 1.36. The molecule has 10 heavy (non-hydrogen) atoms. The van der Waals surface area contributed by atoms with Gasteiger partial charge in [0.25, 0.3) is 0 Å². The molecule has 0 radical (unpaired) electrons. The highest BCUT2D eigenvalue weighted by Gasteiger charge is 1.93. The van der Waals surface area contributed by atoms with E-state index in [9.17, 15) is 4.79 Å². The zero-order valence-electron chi connectivity index (χ0n) is 5.79. The van der Waals surface area contributed by atoms with Crippen LogP contribution in [-0.2, 0) is 6.54 Å². The molecule has 1 aromatic heterocycles.